The van der Waals surface area contributed by atoms with Crippen LogP contribution in [0.2, 0.25) is 0 Å². The van der Waals surface area contributed by atoms with Crippen molar-refractivity contribution in [3.63, 3.8) is 0 Å². The first-order valence-electron chi connectivity index (χ1n) is 8.16. The number of benzene rings is 1. The molecule has 23 heavy (non-hydrogen) atoms. The minimum atomic E-state index is 0.0299. The van der Waals surface area contributed by atoms with Crippen LogP contribution in [0, 0.1) is 11.8 Å². The van der Waals surface area contributed by atoms with Gasteiger partial charge in [0.25, 0.3) is 0 Å². The Kier molecular flexibility index (Phi) is 6.22. The van der Waals surface area contributed by atoms with Gasteiger partial charge in [0, 0.05) is 43.0 Å². The van der Waals surface area contributed by atoms with Gasteiger partial charge in [0.05, 0.1) is 0 Å². The van der Waals surface area contributed by atoms with Crippen LogP contribution >= 0.6 is 15.9 Å². The number of halogens is 1. The second-order valence-electron chi connectivity index (χ2n) is 6.58. The maximum Gasteiger partial charge on any atom is 0.225 e. The Balaban J connectivity index is 1.86. The van der Waals surface area contributed by atoms with Crippen LogP contribution in [0.15, 0.2) is 28.7 Å². The molecular formula is C18H25BrN2O2. The highest BCUT2D eigenvalue weighted by atomic mass is 79.9. The van der Waals surface area contributed by atoms with Crippen LogP contribution in [0.4, 0.5) is 0 Å². The summed E-state index contributed by atoms with van der Waals surface area (Å²) in [6.07, 6.45) is 1.53. The standard InChI is InChI=1S/C18H25BrN2O2/c1-13(2)17(22)21-10-8-15(9-11-21)18(23)20(3)12-14-4-6-16(19)7-5-14/h4-7,13,15H,8-12H2,1-3H3. The highest BCUT2D eigenvalue weighted by Gasteiger charge is 2.29. The third-order valence-corrected chi connectivity index (χ3v) is 4.89. The summed E-state index contributed by atoms with van der Waals surface area (Å²) in [6, 6.07) is 8.03. The van der Waals surface area contributed by atoms with E-state index < -0.39 is 0 Å². The molecule has 1 aromatic carbocycles. The van der Waals surface area contributed by atoms with Gasteiger partial charge in [-0.2, -0.15) is 0 Å². The topological polar surface area (TPSA) is 40.6 Å². The predicted octanol–water partition coefficient (Wildman–Crippen LogP) is 3.30. The quantitative estimate of drug-likeness (QED) is 0.803. The molecule has 0 radical (unpaired) electrons. The van der Waals surface area contributed by atoms with Gasteiger partial charge in [-0.3, -0.25) is 9.59 Å². The summed E-state index contributed by atoms with van der Waals surface area (Å²) < 4.78 is 1.04. The summed E-state index contributed by atoms with van der Waals surface area (Å²) in [6.45, 7) is 5.85. The van der Waals surface area contributed by atoms with Crippen molar-refractivity contribution in [1.82, 2.24) is 9.80 Å². The van der Waals surface area contributed by atoms with Crippen molar-refractivity contribution in [1.29, 1.82) is 0 Å². The molecule has 0 spiro atoms. The van der Waals surface area contributed by atoms with Crippen molar-refractivity contribution in [2.45, 2.75) is 33.2 Å². The normalized spacial score (nSPS) is 15.8. The molecule has 1 aromatic rings. The van der Waals surface area contributed by atoms with Gasteiger partial charge in [0.1, 0.15) is 0 Å². The van der Waals surface area contributed by atoms with Crippen LogP contribution in [0.5, 0.6) is 0 Å². The van der Waals surface area contributed by atoms with Gasteiger partial charge in [0.2, 0.25) is 11.8 Å². The van der Waals surface area contributed by atoms with Crippen LogP contribution in [0.1, 0.15) is 32.3 Å². The number of hydrogen-bond acceptors (Lipinski definition) is 2. The van der Waals surface area contributed by atoms with Crippen LogP contribution in [0.3, 0.4) is 0 Å². The summed E-state index contributed by atoms with van der Waals surface area (Å²) in [5, 5.41) is 0. The number of likely N-dealkylation sites (tertiary alicyclic amines) is 1. The van der Waals surface area contributed by atoms with Gasteiger partial charge in [-0.1, -0.05) is 41.9 Å². The van der Waals surface area contributed by atoms with E-state index in [1.807, 2.05) is 50.1 Å². The maximum absolute atomic E-state index is 12.6. The average Bonchev–Trinajstić information content (AvgIpc) is 2.55. The molecule has 126 valence electrons. The van der Waals surface area contributed by atoms with Gasteiger partial charge in [0.15, 0.2) is 0 Å². The number of nitrogens with zero attached hydrogens (tertiary/aromatic N) is 2. The van der Waals surface area contributed by atoms with E-state index in [2.05, 4.69) is 15.9 Å². The molecule has 0 atom stereocenters. The minimum Gasteiger partial charge on any atom is -0.342 e. The Morgan fingerprint density at radius 3 is 2.30 bits per heavy atom. The van der Waals surface area contributed by atoms with Gasteiger partial charge in [-0.15, -0.1) is 0 Å². The average molecular weight is 381 g/mol. The molecule has 0 aromatic heterocycles. The van der Waals surface area contributed by atoms with E-state index in [0.29, 0.717) is 19.6 Å². The lowest BCUT2D eigenvalue weighted by molar-refractivity contribution is -0.141. The third kappa shape index (κ3) is 4.80. The molecule has 1 aliphatic heterocycles. The van der Waals surface area contributed by atoms with Gasteiger partial charge >= 0.3 is 0 Å². The van der Waals surface area contributed by atoms with Gasteiger partial charge in [-0.25, -0.2) is 0 Å². The predicted molar refractivity (Wildman–Crippen MR) is 94.8 cm³/mol. The summed E-state index contributed by atoms with van der Waals surface area (Å²) in [7, 11) is 1.86. The van der Waals surface area contributed by atoms with Crippen LogP contribution in [-0.2, 0) is 16.1 Å². The zero-order valence-corrected chi connectivity index (χ0v) is 15.7. The molecule has 1 heterocycles. The van der Waals surface area contributed by atoms with Crippen LogP contribution < -0.4 is 0 Å². The Morgan fingerprint density at radius 1 is 1.22 bits per heavy atom. The Labute approximate surface area is 147 Å². The zero-order valence-electron chi connectivity index (χ0n) is 14.1. The van der Waals surface area contributed by atoms with Crippen molar-refractivity contribution in [2.75, 3.05) is 20.1 Å². The van der Waals surface area contributed by atoms with E-state index >= 15 is 0 Å². The number of rotatable bonds is 4. The maximum atomic E-state index is 12.6. The molecule has 2 amide bonds. The van der Waals surface area contributed by atoms with Crippen molar-refractivity contribution in [3.05, 3.63) is 34.3 Å². The van der Waals surface area contributed by atoms with E-state index in [4.69, 9.17) is 0 Å². The zero-order chi connectivity index (χ0) is 17.0. The molecule has 1 fully saturated rings. The van der Waals surface area contributed by atoms with Crippen LogP contribution in [0.25, 0.3) is 0 Å². The fourth-order valence-corrected chi connectivity index (χ4v) is 3.23. The number of hydrogen-bond donors (Lipinski definition) is 0. The number of carbonyl (C=O) groups is 2. The lowest BCUT2D eigenvalue weighted by Crippen LogP contribution is -2.44. The van der Waals surface area contributed by atoms with E-state index in [1.165, 1.54) is 0 Å². The highest BCUT2D eigenvalue weighted by Crippen LogP contribution is 2.21. The fourth-order valence-electron chi connectivity index (χ4n) is 2.97. The lowest BCUT2D eigenvalue weighted by atomic mass is 9.94. The molecule has 2 rings (SSSR count). The van der Waals surface area contributed by atoms with Gasteiger partial charge < -0.3 is 9.80 Å². The van der Waals surface area contributed by atoms with E-state index in [9.17, 15) is 9.59 Å². The molecule has 0 bridgehead atoms. The first-order valence-corrected chi connectivity index (χ1v) is 8.96. The number of amides is 2. The Morgan fingerprint density at radius 2 is 1.78 bits per heavy atom. The molecule has 1 saturated heterocycles. The second kappa shape index (κ2) is 7.95. The van der Waals surface area contributed by atoms with Crippen molar-refractivity contribution in [3.8, 4) is 0 Å². The Bertz CT molecular complexity index is 549. The molecular weight excluding hydrogens is 356 g/mol. The van der Waals surface area contributed by atoms with Crippen LogP contribution in [-0.4, -0.2) is 41.8 Å². The van der Waals surface area contributed by atoms with Crippen molar-refractivity contribution < 1.29 is 9.59 Å². The smallest absolute Gasteiger partial charge is 0.225 e. The largest absolute Gasteiger partial charge is 0.342 e. The minimum absolute atomic E-state index is 0.0299. The molecule has 0 N–H and O–H groups in total. The molecule has 1 aliphatic rings. The molecule has 0 aliphatic carbocycles. The van der Waals surface area contributed by atoms with E-state index in [0.717, 1.165) is 22.9 Å². The summed E-state index contributed by atoms with van der Waals surface area (Å²) in [5.41, 5.74) is 1.12. The highest BCUT2D eigenvalue weighted by molar-refractivity contribution is 9.10. The van der Waals surface area contributed by atoms with E-state index in [1.54, 1.807) is 4.90 Å². The first kappa shape index (κ1) is 18.0. The summed E-state index contributed by atoms with van der Waals surface area (Å²) in [4.78, 5) is 28.3. The second-order valence-corrected chi connectivity index (χ2v) is 7.49. The summed E-state index contributed by atoms with van der Waals surface area (Å²) in [5.74, 6) is 0.442. The SMILES string of the molecule is CC(C)C(=O)N1CCC(C(=O)N(C)Cc2ccc(Br)cc2)CC1. The molecule has 4 nitrogen and oxygen atoms in total. The van der Waals surface area contributed by atoms with Crippen molar-refractivity contribution in [2.24, 2.45) is 11.8 Å². The third-order valence-electron chi connectivity index (χ3n) is 4.36. The fraction of sp³-hybridized carbons (Fsp3) is 0.556. The Hall–Kier alpha value is -1.36. The first-order chi connectivity index (χ1) is 10.9. The molecule has 0 saturated carbocycles. The van der Waals surface area contributed by atoms with Gasteiger partial charge in [-0.05, 0) is 30.5 Å². The molecule has 0 unspecified atom stereocenters. The lowest BCUT2D eigenvalue weighted by Gasteiger charge is -2.34. The summed E-state index contributed by atoms with van der Waals surface area (Å²) >= 11 is 3.42. The number of piperidine rings is 1. The number of carbonyl (C=O) groups excluding carboxylic acids is 2. The van der Waals surface area contributed by atoms with Crippen molar-refractivity contribution >= 4 is 27.7 Å². The van der Waals surface area contributed by atoms with E-state index in [-0.39, 0.29) is 23.7 Å². The monoisotopic (exact) mass is 380 g/mol. The molecule has 5 heteroatoms.